The summed E-state index contributed by atoms with van der Waals surface area (Å²) < 4.78 is 2.01. The minimum absolute atomic E-state index is 0.119. The first-order valence-corrected chi connectivity index (χ1v) is 7.97. The molecule has 2 aromatic carbocycles. The van der Waals surface area contributed by atoms with Crippen LogP contribution in [-0.4, -0.2) is 21.5 Å². The second-order valence-corrected chi connectivity index (χ2v) is 6.18. The molecule has 0 N–H and O–H groups in total. The van der Waals surface area contributed by atoms with Crippen molar-refractivity contribution in [2.24, 2.45) is 0 Å². The normalized spacial score (nSPS) is 16.8. The van der Waals surface area contributed by atoms with Gasteiger partial charge >= 0.3 is 0 Å². The van der Waals surface area contributed by atoms with Crippen molar-refractivity contribution in [3.63, 3.8) is 0 Å². The summed E-state index contributed by atoms with van der Waals surface area (Å²) in [6.07, 6.45) is 0.922. The number of para-hydroxylation sites is 3. The summed E-state index contributed by atoms with van der Waals surface area (Å²) in [5.41, 5.74) is 4.25. The van der Waals surface area contributed by atoms with E-state index < -0.39 is 0 Å². The smallest absolute Gasteiger partial charge is 0.247 e. The molecule has 1 aliphatic rings. The number of carbonyl (C=O) groups is 1. The molecule has 0 spiro atoms. The zero-order chi connectivity index (χ0) is 16.0. The Morgan fingerprint density at radius 3 is 2.78 bits per heavy atom. The van der Waals surface area contributed by atoms with Crippen LogP contribution < -0.4 is 4.90 Å². The Morgan fingerprint density at radius 1 is 1.17 bits per heavy atom. The quantitative estimate of drug-likeness (QED) is 0.728. The summed E-state index contributed by atoms with van der Waals surface area (Å²) >= 11 is 0. The SMILES string of the molecule is Cc1nc2ccccc2n1CC(=O)N1c2ccccc2C[C@@H]1C. The number of imidazole rings is 1. The van der Waals surface area contributed by atoms with E-state index in [9.17, 15) is 4.79 Å². The number of benzene rings is 2. The molecular formula is C19H19N3O. The summed E-state index contributed by atoms with van der Waals surface area (Å²) in [5, 5.41) is 0. The van der Waals surface area contributed by atoms with Crippen molar-refractivity contribution in [3.8, 4) is 0 Å². The van der Waals surface area contributed by atoms with Crippen LogP contribution in [0.3, 0.4) is 0 Å². The summed E-state index contributed by atoms with van der Waals surface area (Å²) in [4.78, 5) is 19.4. The van der Waals surface area contributed by atoms with Crippen LogP contribution in [0, 0.1) is 6.92 Å². The maximum Gasteiger partial charge on any atom is 0.247 e. The molecule has 1 aromatic heterocycles. The van der Waals surface area contributed by atoms with Crippen molar-refractivity contribution >= 4 is 22.6 Å². The number of aryl methyl sites for hydroxylation is 1. The Kier molecular flexibility index (Phi) is 3.18. The third-order valence-electron chi connectivity index (χ3n) is 4.61. The molecule has 1 aliphatic heterocycles. The van der Waals surface area contributed by atoms with E-state index in [-0.39, 0.29) is 11.9 Å². The van der Waals surface area contributed by atoms with Gasteiger partial charge in [0.1, 0.15) is 12.4 Å². The number of fused-ring (bicyclic) bond motifs is 2. The Bertz CT molecular complexity index is 897. The van der Waals surface area contributed by atoms with E-state index >= 15 is 0 Å². The number of anilines is 1. The number of rotatable bonds is 2. The minimum atomic E-state index is 0.119. The standard InChI is InChI=1S/C19H19N3O/c1-13-11-15-7-3-5-9-17(15)22(13)19(23)12-21-14(2)20-16-8-4-6-10-18(16)21/h3-10,13H,11-12H2,1-2H3/t13-/m0/s1. The molecule has 0 aliphatic carbocycles. The predicted octanol–water partition coefficient (Wildman–Crippen LogP) is 3.32. The number of hydrogen-bond acceptors (Lipinski definition) is 2. The summed E-state index contributed by atoms with van der Waals surface area (Å²) in [5.74, 6) is 0.994. The van der Waals surface area contributed by atoms with Gasteiger partial charge in [-0.15, -0.1) is 0 Å². The highest BCUT2D eigenvalue weighted by Gasteiger charge is 2.30. The fourth-order valence-electron chi connectivity index (χ4n) is 3.55. The van der Waals surface area contributed by atoms with Gasteiger partial charge in [-0.1, -0.05) is 30.3 Å². The van der Waals surface area contributed by atoms with Crippen molar-refractivity contribution in [2.45, 2.75) is 32.9 Å². The molecule has 2 heterocycles. The molecule has 116 valence electrons. The van der Waals surface area contributed by atoms with Crippen molar-refractivity contribution in [3.05, 3.63) is 59.9 Å². The predicted molar refractivity (Wildman–Crippen MR) is 91.6 cm³/mol. The zero-order valence-corrected chi connectivity index (χ0v) is 13.4. The summed E-state index contributed by atoms with van der Waals surface area (Å²) in [6.45, 7) is 4.39. The van der Waals surface area contributed by atoms with E-state index in [2.05, 4.69) is 18.0 Å². The lowest BCUT2D eigenvalue weighted by molar-refractivity contribution is -0.119. The maximum absolute atomic E-state index is 13.0. The maximum atomic E-state index is 13.0. The Morgan fingerprint density at radius 2 is 1.91 bits per heavy atom. The molecule has 1 amide bonds. The number of amides is 1. The number of nitrogens with zero attached hydrogens (tertiary/aromatic N) is 3. The van der Waals surface area contributed by atoms with Gasteiger partial charge in [-0.25, -0.2) is 4.98 Å². The van der Waals surface area contributed by atoms with Crippen molar-refractivity contribution < 1.29 is 4.79 Å². The van der Waals surface area contributed by atoms with E-state index in [0.717, 1.165) is 29.0 Å². The minimum Gasteiger partial charge on any atom is -0.319 e. The van der Waals surface area contributed by atoms with Gasteiger partial charge < -0.3 is 9.47 Å². The topological polar surface area (TPSA) is 38.1 Å². The van der Waals surface area contributed by atoms with Crippen LogP contribution in [0.2, 0.25) is 0 Å². The van der Waals surface area contributed by atoms with E-state index in [1.165, 1.54) is 5.56 Å². The molecule has 0 fully saturated rings. The van der Waals surface area contributed by atoms with Gasteiger partial charge in [0.25, 0.3) is 0 Å². The monoisotopic (exact) mass is 305 g/mol. The van der Waals surface area contributed by atoms with Crippen LogP contribution in [0.25, 0.3) is 11.0 Å². The lowest BCUT2D eigenvalue weighted by Crippen LogP contribution is -2.38. The third kappa shape index (κ3) is 2.22. The third-order valence-corrected chi connectivity index (χ3v) is 4.61. The van der Waals surface area contributed by atoms with Gasteiger partial charge in [0.15, 0.2) is 0 Å². The van der Waals surface area contributed by atoms with Crippen LogP contribution in [0.4, 0.5) is 5.69 Å². The fraction of sp³-hybridized carbons (Fsp3) is 0.263. The van der Waals surface area contributed by atoms with E-state index in [0.29, 0.717) is 6.54 Å². The molecule has 1 atom stereocenters. The van der Waals surface area contributed by atoms with Gasteiger partial charge in [-0.2, -0.15) is 0 Å². The number of carbonyl (C=O) groups excluding carboxylic acids is 1. The molecule has 4 heteroatoms. The van der Waals surface area contributed by atoms with Crippen LogP contribution in [0.1, 0.15) is 18.3 Å². The molecule has 4 nitrogen and oxygen atoms in total. The van der Waals surface area contributed by atoms with Gasteiger partial charge in [0.2, 0.25) is 5.91 Å². The first kappa shape index (κ1) is 14.0. The Balaban J connectivity index is 1.69. The largest absolute Gasteiger partial charge is 0.319 e. The van der Waals surface area contributed by atoms with Crippen LogP contribution in [0.5, 0.6) is 0 Å². The van der Waals surface area contributed by atoms with Crippen LogP contribution in [-0.2, 0) is 17.8 Å². The average molecular weight is 305 g/mol. The molecule has 0 radical (unpaired) electrons. The highest BCUT2D eigenvalue weighted by atomic mass is 16.2. The first-order valence-electron chi connectivity index (χ1n) is 7.97. The highest BCUT2D eigenvalue weighted by Crippen LogP contribution is 2.32. The lowest BCUT2D eigenvalue weighted by Gasteiger charge is -2.23. The van der Waals surface area contributed by atoms with Crippen molar-refractivity contribution in [2.75, 3.05) is 4.90 Å². The fourth-order valence-corrected chi connectivity index (χ4v) is 3.55. The van der Waals surface area contributed by atoms with E-state index in [4.69, 9.17) is 0 Å². The number of hydrogen-bond donors (Lipinski definition) is 0. The number of aromatic nitrogens is 2. The molecular weight excluding hydrogens is 286 g/mol. The molecule has 3 aromatic rings. The molecule has 0 saturated carbocycles. The van der Waals surface area contributed by atoms with E-state index in [1.54, 1.807) is 0 Å². The Hall–Kier alpha value is -2.62. The molecule has 23 heavy (non-hydrogen) atoms. The average Bonchev–Trinajstić information content (AvgIpc) is 3.04. The van der Waals surface area contributed by atoms with Gasteiger partial charge in [0.05, 0.1) is 11.0 Å². The van der Waals surface area contributed by atoms with E-state index in [1.807, 2.05) is 58.9 Å². The van der Waals surface area contributed by atoms with Gasteiger partial charge in [-0.3, -0.25) is 4.79 Å². The van der Waals surface area contributed by atoms with Gasteiger partial charge in [0, 0.05) is 11.7 Å². The van der Waals surface area contributed by atoms with Crippen LogP contribution >= 0.6 is 0 Å². The first-order chi connectivity index (χ1) is 11.1. The molecule has 4 rings (SSSR count). The summed E-state index contributed by atoms with van der Waals surface area (Å²) in [7, 11) is 0. The molecule has 0 saturated heterocycles. The van der Waals surface area contributed by atoms with Crippen molar-refractivity contribution in [1.82, 2.24) is 9.55 Å². The molecule has 0 bridgehead atoms. The van der Waals surface area contributed by atoms with Crippen LogP contribution in [0.15, 0.2) is 48.5 Å². The Labute approximate surface area is 135 Å². The van der Waals surface area contributed by atoms with Gasteiger partial charge in [-0.05, 0) is 44.0 Å². The summed E-state index contributed by atoms with van der Waals surface area (Å²) in [6, 6.07) is 16.3. The molecule has 0 unspecified atom stereocenters. The highest BCUT2D eigenvalue weighted by molar-refractivity contribution is 5.96. The van der Waals surface area contributed by atoms with Crippen molar-refractivity contribution in [1.29, 1.82) is 0 Å². The zero-order valence-electron chi connectivity index (χ0n) is 13.4. The lowest BCUT2D eigenvalue weighted by atomic mass is 10.1. The second-order valence-electron chi connectivity index (χ2n) is 6.18. The second kappa shape index (κ2) is 5.23.